The molecular formula is C16H22N2O4S2. The molecule has 0 saturated heterocycles. The van der Waals surface area contributed by atoms with E-state index < -0.39 is 10.0 Å². The minimum atomic E-state index is -3.70. The Bertz CT molecular complexity index is 758. The van der Waals surface area contributed by atoms with Crippen LogP contribution in [0.5, 0.6) is 11.5 Å². The first-order chi connectivity index (χ1) is 11.4. The van der Waals surface area contributed by atoms with Gasteiger partial charge >= 0.3 is 0 Å². The third kappa shape index (κ3) is 4.27. The molecule has 8 heteroatoms. The highest BCUT2D eigenvalue weighted by atomic mass is 32.2. The summed E-state index contributed by atoms with van der Waals surface area (Å²) >= 11 is 1.59. The zero-order valence-electron chi connectivity index (χ0n) is 14.1. The number of likely N-dealkylation sites (N-methyl/N-ethyl adjacent to an activating group) is 1. The van der Waals surface area contributed by atoms with E-state index in [1.54, 1.807) is 23.5 Å². The molecule has 24 heavy (non-hydrogen) atoms. The van der Waals surface area contributed by atoms with Crippen molar-refractivity contribution < 1.29 is 17.9 Å². The highest BCUT2D eigenvalue weighted by Gasteiger charge is 2.23. The molecule has 0 radical (unpaired) electrons. The minimum absolute atomic E-state index is 0.0460. The van der Waals surface area contributed by atoms with Gasteiger partial charge in [-0.05, 0) is 48.6 Å². The van der Waals surface area contributed by atoms with Gasteiger partial charge in [-0.3, -0.25) is 0 Å². The molecule has 0 aliphatic rings. The summed E-state index contributed by atoms with van der Waals surface area (Å²) < 4.78 is 38.3. The van der Waals surface area contributed by atoms with Crippen molar-refractivity contribution in [3.63, 3.8) is 0 Å². The van der Waals surface area contributed by atoms with Gasteiger partial charge in [0.1, 0.15) is 16.4 Å². The summed E-state index contributed by atoms with van der Waals surface area (Å²) in [6.07, 6.45) is 0. The second-order valence-corrected chi connectivity index (χ2v) is 7.92. The van der Waals surface area contributed by atoms with Gasteiger partial charge in [-0.2, -0.15) is 11.3 Å². The molecule has 1 N–H and O–H groups in total. The molecule has 6 nitrogen and oxygen atoms in total. The predicted octanol–water partition coefficient (Wildman–Crippen LogP) is 2.35. The molecule has 0 aliphatic heterocycles. The Morgan fingerprint density at radius 1 is 1.21 bits per heavy atom. The number of methoxy groups -OCH3 is 2. The van der Waals surface area contributed by atoms with Crippen LogP contribution in [0.15, 0.2) is 39.9 Å². The number of hydrogen-bond acceptors (Lipinski definition) is 6. The fourth-order valence-corrected chi connectivity index (χ4v) is 4.22. The molecule has 0 unspecified atom stereocenters. The zero-order valence-corrected chi connectivity index (χ0v) is 15.8. The number of nitrogens with zero attached hydrogens (tertiary/aromatic N) is 1. The molecule has 132 valence electrons. The molecule has 0 saturated carbocycles. The van der Waals surface area contributed by atoms with Crippen molar-refractivity contribution in [3.8, 4) is 11.5 Å². The van der Waals surface area contributed by atoms with Gasteiger partial charge in [0.2, 0.25) is 10.0 Å². The summed E-state index contributed by atoms with van der Waals surface area (Å²) in [6, 6.07) is 6.58. The number of sulfonamides is 1. The normalized spacial score (nSPS) is 13.0. The Kier molecular flexibility index (Phi) is 6.22. The van der Waals surface area contributed by atoms with E-state index in [0.29, 0.717) is 5.75 Å². The minimum Gasteiger partial charge on any atom is -0.497 e. The molecule has 0 fully saturated rings. The van der Waals surface area contributed by atoms with E-state index in [-0.39, 0.29) is 23.2 Å². The first-order valence-corrected chi connectivity index (χ1v) is 9.72. The maximum absolute atomic E-state index is 12.7. The molecule has 2 rings (SSSR count). The quantitative estimate of drug-likeness (QED) is 0.773. The maximum Gasteiger partial charge on any atom is 0.244 e. The summed E-state index contributed by atoms with van der Waals surface area (Å²) in [6.45, 7) is 0.265. The van der Waals surface area contributed by atoms with Crippen molar-refractivity contribution in [2.24, 2.45) is 0 Å². The lowest BCUT2D eigenvalue weighted by Crippen LogP contribution is -2.34. The van der Waals surface area contributed by atoms with Crippen LogP contribution in [0.3, 0.4) is 0 Å². The standard InChI is InChI=1S/C16H22N2O4S2/c1-18(2)14(12-7-8-23-11-12)10-17-24(19,20)16-6-5-13(21-3)9-15(16)22-4/h5-9,11,14,17H,10H2,1-4H3/t14-/m1/s1. The van der Waals surface area contributed by atoms with Crippen molar-refractivity contribution in [2.75, 3.05) is 34.9 Å². The average molecular weight is 370 g/mol. The van der Waals surface area contributed by atoms with Crippen LogP contribution in [0, 0.1) is 0 Å². The predicted molar refractivity (Wildman–Crippen MR) is 95.5 cm³/mol. The molecule has 0 bridgehead atoms. The van der Waals surface area contributed by atoms with Crippen molar-refractivity contribution in [3.05, 3.63) is 40.6 Å². The molecule has 1 aromatic carbocycles. The topological polar surface area (TPSA) is 67.9 Å². The van der Waals surface area contributed by atoms with Crippen LogP contribution >= 0.6 is 11.3 Å². The van der Waals surface area contributed by atoms with E-state index in [2.05, 4.69) is 4.72 Å². The summed E-state index contributed by atoms with van der Waals surface area (Å²) in [5.74, 6) is 0.786. The van der Waals surface area contributed by atoms with Gasteiger partial charge in [0.15, 0.2) is 0 Å². The monoisotopic (exact) mass is 370 g/mol. The summed E-state index contributed by atoms with van der Waals surface area (Å²) in [4.78, 5) is 2.07. The number of hydrogen-bond donors (Lipinski definition) is 1. The molecule has 0 spiro atoms. The van der Waals surface area contributed by atoms with Gasteiger partial charge < -0.3 is 14.4 Å². The van der Waals surface area contributed by atoms with E-state index in [4.69, 9.17) is 9.47 Å². The highest BCUT2D eigenvalue weighted by molar-refractivity contribution is 7.89. The van der Waals surface area contributed by atoms with E-state index in [1.807, 2.05) is 35.8 Å². The second kappa shape index (κ2) is 7.98. The van der Waals surface area contributed by atoms with Crippen LogP contribution in [0.1, 0.15) is 11.6 Å². The van der Waals surface area contributed by atoms with Gasteiger partial charge in [-0.15, -0.1) is 0 Å². The third-order valence-electron chi connectivity index (χ3n) is 3.68. The van der Waals surface area contributed by atoms with Crippen LogP contribution in [0.2, 0.25) is 0 Å². The maximum atomic E-state index is 12.7. The third-order valence-corrected chi connectivity index (χ3v) is 5.84. The van der Waals surface area contributed by atoms with Crippen molar-refractivity contribution in [1.29, 1.82) is 0 Å². The molecule has 0 amide bonds. The molecule has 1 aromatic heterocycles. The number of rotatable bonds is 8. The number of ether oxygens (including phenoxy) is 2. The Balaban J connectivity index is 2.22. The fraction of sp³-hybridized carbons (Fsp3) is 0.375. The van der Waals surface area contributed by atoms with Gasteiger partial charge in [0.05, 0.1) is 14.2 Å². The van der Waals surface area contributed by atoms with Crippen molar-refractivity contribution in [2.45, 2.75) is 10.9 Å². The second-order valence-electron chi connectivity index (χ2n) is 5.40. The Labute approximate surface area is 147 Å². The molecule has 1 heterocycles. The summed E-state index contributed by atoms with van der Waals surface area (Å²) in [7, 11) is 3.09. The Morgan fingerprint density at radius 2 is 1.96 bits per heavy atom. The van der Waals surface area contributed by atoms with Gasteiger partial charge in [0, 0.05) is 18.7 Å². The van der Waals surface area contributed by atoms with E-state index in [0.717, 1.165) is 5.56 Å². The molecule has 2 aromatic rings. The van der Waals surface area contributed by atoms with Gasteiger partial charge in [-0.25, -0.2) is 13.1 Å². The largest absolute Gasteiger partial charge is 0.497 e. The van der Waals surface area contributed by atoms with Crippen molar-refractivity contribution >= 4 is 21.4 Å². The van der Waals surface area contributed by atoms with Crippen LogP contribution < -0.4 is 14.2 Å². The number of thiophene rings is 1. The SMILES string of the molecule is COc1ccc(S(=O)(=O)NC[C@H](c2ccsc2)N(C)C)c(OC)c1. The van der Waals surface area contributed by atoms with Crippen molar-refractivity contribution in [1.82, 2.24) is 9.62 Å². The summed E-state index contributed by atoms with van der Waals surface area (Å²) in [5, 5.41) is 4.00. The average Bonchev–Trinajstić information content (AvgIpc) is 3.08. The van der Waals surface area contributed by atoms with Crippen LogP contribution in [0.4, 0.5) is 0 Å². The lowest BCUT2D eigenvalue weighted by Gasteiger charge is -2.24. The zero-order chi connectivity index (χ0) is 17.7. The lowest BCUT2D eigenvalue weighted by molar-refractivity contribution is 0.300. The van der Waals surface area contributed by atoms with E-state index >= 15 is 0 Å². The smallest absolute Gasteiger partial charge is 0.244 e. The van der Waals surface area contributed by atoms with Crippen LogP contribution in [0.25, 0.3) is 0 Å². The lowest BCUT2D eigenvalue weighted by atomic mass is 10.1. The van der Waals surface area contributed by atoms with Gasteiger partial charge in [-0.1, -0.05) is 0 Å². The molecule has 0 aliphatic carbocycles. The number of nitrogens with one attached hydrogen (secondary N) is 1. The Hall–Kier alpha value is -1.61. The molecule has 1 atom stereocenters. The Morgan fingerprint density at radius 3 is 2.50 bits per heavy atom. The number of benzene rings is 1. The summed E-state index contributed by atoms with van der Waals surface area (Å²) in [5.41, 5.74) is 1.08. The van der Waals surface area contributed by atoms with E-state index in [9.17, 15) is 8.42 Å². The van der Waals surface area contributed by atoms with Crippen LogP contribution in [-0.4, -0.2) is 48.2 Å². The molecular weight excluding hydrogens is 348 g/mol. The van der Waals surface area contributed by atoms with Crippen LogP contribution in [-0.2, 0) is 10.0 Å². The first-order valence-electron chi connectivity index (χ1n) is 7.29. The van der Waals surface area contributed by atoms with Gasteiger partial charge in [0.25, 0.3) is 0 Å². The van der Waals surface area contributed by atoms with E-state index in [1.165, 1.54) is 20.3 Å². The fourth-order valence-electron chi connectivity index (χ4n) is 2.33. The first kappa shape index (κ1) is 18.7. The highest BCUT2D eigenvalue weighted by Crippen LogP contribution is 2.28.